The number of aromatic amines is 1. The first-order valence-corrected chi connectivity index (χ1v) is 10.3. The molecule has 0 saturated heterocycles. The van der Waals surface area contributed by atoms with Crippen LogP contribution >= 0.6 is 11.6 Å². The third-order valence-corrected chi connectivity index (χ3v) is 5.20. The molecule has 0 saturated carbocycles. The van der Waals surface area contributed by atoms with Crippen molar-refractivity contribution in [3.63, 3.8) is 0 Å². The molecule has 3 aromatic carbocycles. The molecule has 0 bridgehead atoms. The Morgan fingerprint density at radius 3 is 2.52 bits per heavy atom. The van der Waals surface area contributed by atoms with Crippen molar-refractivity contribution in [2.45, 2.75) is 26.0 Å². The van der Waals surface area contributed by atoms with Gasteiger partial charge in [-0.1, -0.05) is 60.1 Å². The molecule has 0 aliphatic heterocycles. The fourth-order valence-electron chi connectivity index (χ4n) is 3.29. The lowest BCUT2D eigenvalue weighted by Crippen LogP contribution is -2.16. The zero-order chi connectivity index (χ0) is 19.9. The molecule has 0 fully saturated rings. The number of aromatic nitrogens is 2. The Labute approximate surface area is 175 Å². The highest BCUT2D eigenvalue weighted by atomic mass is 35.5. The summed E-state index contributed by atoms with van der Waals surface area (Å²) >= 11 is 6.22. The quantitative estimate of drug-likeness (QED) is 0.360. The van der Waals surface area contributed by atoms with E-state index in [0.29, 0.717) is 6.61 Å². The van der Waals surface area contributed by atoms with E-state index in [4.69, 9.17) is 16.3 Å². The molecule has 0 aliphatic rings. The predicted octanol–water partition coefficient (Wildman–Crippen LogP) is 5.52. The van der Waals surface area contributed by atoms with Gasteiger partial charge in [0, 0.05) is 29.1 Å². The summed E-state index contributed by atoms with van der Waals surface area (Å²) in [5, 5.41) is 4.24. The van der Waals surface area contributed by atoms with E-state index < -0.39 is 0 Å². The number of hydrogen-bond acceptors (Lipinski definition) is 3. The molecule has 1 heterocycles. The smallest absolute Gasteiger partial charge is 0.124 e. The van der Waals surface area contributed by atoms with Gasteiger partial charge in [-0.05, 0) is 37.2 Å². The Hall–Kier alpha value is -2.82. The molecule has 29 heavy (non-hydrogen) atoms. The van der Waals surface area contributed by atoms with Crippen LogP contribution in [-0.4, -0.2) is 16.5 Å². The van der Waals surface area contributed by atoms with Crippen LogP contribution in [0.3, 0.4) is 0 Å². The highest BCUT2D eigenvalue weighted by Crippen LogP contribution is 2.22. The van der Waals surface area contributed by atoms with Crippen LogP contribution in [0.5, 0.6) is 5.75 Å². The van der Waals surface area contributed by atoms with E-state index in [9.17, 15) is 0 Å². The van der Waals surface area contributed by atoms with E-state index in [1.54, 1.807) is 0 Å². The topological polar surface area (TPSA) is 49.9 Å². The molecule has 4 rings (SSSR count). The molecule has 5 heteroatoms. The fourth-order valence-corrected chi connectivity index (χ4v) is 3.48. The van der Waals surface area contributed by atoms with Crippen molar-refractivity contribution < 1.29 is 4.74 Å². The number of H-pyrrole nitrogens is 1. The van der Waals surface area contributed by atoms with Crippen LogP contribution in [0.2, 0.25) is 5.02 Å². The Balaban J connectivity index is 1.26. The van der Waals surface area contributed by atoms with E-state index in [-0.39, 0.29) is 0 Å². The summed E-state index contributed by atoms with van der Waals surface area (Å²) in [6.45, 7) is 2.14. The minimum atomic E-state index is 0.461. The van der Waals surface area contributed by atoms with E-state index in [1.165, 1.54) is 0 Å². The van der Waals surface area contributed by atoms with Crippen LogP contribution in [0.4, 0.5) is 0 Å². The average molecular weight is 406 g/mol. The number of imidazole rings is 1. The second-order valence-corrected chi connectivity index (χ2v) is 7.38. The lowest BCUT2D eigenvalue weighted by molar-refractivity contribution is 0.302. The standard InChI is InChI=1S/C24H24ClN3O/c25-20-10-3-1-9-19(20)17-29-23-13-6-2-8-18(23)16-26-15-7-14-24-27-21-11-4-5-12-22(21)28-24/h1-6,8-13,26H,7,14-17H2,(H,27,28). The maximum atomic E-state index is 6.22. The van der Waals surface area contributed by atoms with Crippen molar-refractivity contribution in [2.24, 2.45) is 0 Å². The third kappa shape index (κ3) is 5.17. The number of fused-ring (bicyclic) bond motifs is 1. The van der Waals surface area contributed by atoms with Gasteiger partial charge in [0.1, 0.15) is 18.2 Å². The number of rotatable bonds is 9. The number of hydrogen-bond donors (Lipinski definition) is 2. The predicted molar refractivity (Wildman–Crippen MR) is 118 cm³/mol. The molecule has 4 nitrogen and oxygen atoms in total. The molecule has 0 aliphatic carbocycles. The third-order valence-electron chi connectivity index (χ3n) is 4.83. The Bertz CT molecular complexity index is 1040. The first-order chi connectivity index (χ1) is 14.3. The van der Waals surface area contributed by atoms with Crippen LogP contribution in [0.15, 0.2) is 72.8 Å². The minimum absolute atomic E-state index is 0.461. The van der Waals surface area contributed by atoms with Gasteiger partial charge in [0.25, 0.3) is 0 Å². The fraction of sp³-hybridized carbons (Fsp3) is 0.208. The number of ether oxygens (including phenoxy) is 1. The van der Waals surface area contributed by atoms with E-state index >= 15 is 0 Å². The monoisotopic (exact) mass is 405 g/mol. The van der Waals surface area contributed by atoms with Crippen LogP contribution in [0, 0.1) is 0 Å². The Morgan fingerprint density at radius 2 is 1.66 bits per heavy atom. The van der Waals surface area contributed by atoms with Gasteiger partial charge in [-0.2, -0.15) is 0 Å². The molecule has 0 spiro atoms. The molecule has 0 amide bonds. The second-order valence-electron chi connectivity index (χ2n) is 6.97. The number of nitrogens with one attached hydrogen (secondary N) is 2. The van der Waals surface area contributed by atoms with Crippen molar-refractivity contribution in [3.05, 3.63) is 94.8 Å². The lowest BCUT2D eigenvalue weighted by atomic mass is 10.2. The van der Waals surface area contributed by atoms with Crippen molar-refractivity contribution >= 4 is 22.6 Å². The SMILES string of the molecule is Clc1ccccc1COc1ccccc1CNCCCc1nc2ccccc2[nH]1. The van der Waals surface area contributed by atoms with Crippen LogP contribution < -0.4 is 10.1 Å². The summed E-state index contributed by atoms with van der Waals surface area (Å²) in [7, 11) is 0. The number of aryl methyl sites for hydroxylation is 1. The molecular weight excluding hydrogens is 382 g/mol. The molecule has 0 radical (unpaired) electrons. The summed E-state index contributed by atoms with van der Waals surface area (Å²) < 4.78 is 6.02. The number of halogens is 1. The summed E-state index contributed by atoms with van der Waals surface area (Å²) in [4.78, 5) is 8.01. The summed E-state index contributed by atoms with van der Waals surface area (Å²) in [6.07, 6.45) is 1.94. The van der Waals surface area contributed by atoms with Gasteiger partial charge >= 0.3 is 0 Å². The van der Waals surface area contributed by atoms with Crippen LogP contribution in [0.25, 0.3) is 11.0 Å². The van der Waals surface area contributed by atoms with E-state index in [1.807, 2.05) is 60.7 Å². The lowest BCUT2D eigenvalue weighted by Gasteiger charge is -2.13. The highest BCUT2D eigenvalue weighted by Gasteiger charge is 2.06. The van der Waals surface area contributed by atoms with Gasteiger partial charge in [0.2, 0.25) is 0 Å². The molecule has 0 atom stereocenters. The van der Waals surface area contributed by atoms with E-state index in [0.717, 1.165) is 64.7 Å². The van der Waals surface area contributed by atoms with Gasteiger partial charge in [0.05, 0.1) is 11.0 Å². The van der Waals surface area contributed by atoms with Gasteiger partial charge in [0.15, 0.2) is 0 Å². The maximum absolute atomic E-state index is 6.22. The number of nitrogens with zero attached hydrogens (tertiary/aromatic N) is 1. The Kier molecular flexibility index (Phi) is 6.45. The second kappa shape index (κ2) is 9.59. The summed E-state index contributed by atoms with van der Waals surface area (Å²) in [5.74, 6) is 1.92. The first kappa shape index (κ1) is 19.5. The summed E-state index contributed by atoms with van der Waals surface area (Å²) in [5.41, 5.74) is 4.26. The minimum Gasteiger partial charge on any atom is -0.489 e. The van der Waals surface area contributed by atoms with Crippen LogP contribution in [0.1, 0.15) is 23.4 Å². The van der Waals surface area contributed by atoms with E-state index in [2.05, 4.69) is 27.4 Å². The maximum Gasteiger partial charge on any atom is 0.124 e. The molecular formula is C24H24ClN3O. The van der Waals surface area contributed by atoms with Crippen molar-refractivity contribution in [1.29, 1.82) is 0 Å². The van der Waals surface area contributed by atoms with Gasteiger partial charge in [-0.3, -0.25) is 0 Å². The first-order valence-electron chi connectivity index (χ1n) is 9.88. The zero-order valence-electron chi connectivity index (χ0n) is 16.2. The summed E-state index contributed by atoms with van der Waals surface area (Å²) in [6, 6.07) is 24.0. The number of benzene rings is 3. The molecule has 2 N–H and O–H groups in total. The largest absolute Gasteiger partial charge is 0.489 e. The Morgan fingerprint density at radius 1 is 0.897 bits per heavy atom. The van der Waals surface area contributed by atoms with Gasteiger partial charge in [-0.25, -0.2) is 4.98 Å². The highest BCUT2D eigenvalue weighted by molar-refractivity contribution is 6.31. The molecule has 0 unspecified atom stereocenters. The van der Waals surface area contributed by atoms with Crippen molar-refractivity contribution in [2.75, 3.05) is 6.54 Å². The van der Waals surface area contributed by atoms with Gasteiger partial charge in [-0.15, -0.1) is 0 Å². The number of para-hydroxylation sites is 3. The molecule has 4 aromatic rings. The van der Waals surface area contributed by atoms with Crippen molar-refractivity contribution in [3.8, 4) is 5.75 Å². The molecule has 148 valence electrons. The van der Waals surface area contributed by atoms with Crippen molar-refractivity contribution in [1.82, 2.24) is 15.3 Å². The normalized spacial score (nSPS) is 11.1. The van der Waals surface area contributed by atoms with Crippen LogP contribution in [-0.2, 0) is 19.6 Å². The van der Waals surface area contributed by atoms with Gasteiger partial charge < -0.3 is 15.0 Å². The zero-order valence-corrected chi connectivity index (χ0v) is 17.0. The molecule has 1 aromatic heterocycles. The average Bonchev–Trinajstić information content (AvgIpc) is 3.16.